The summed E-state index contributed by atoms with van der Waals surface area (Å²) in [6, 6.07) is 0.236. The lowest BCUT2D eigenvalue weighted by Crippen LogP contribution is -2.06. The fourth-order valence-corrected chi connectivity index (χ4v) is 2.04. The molecule has 0 N–H and O–H groups in total. The number of hydrogen-bond acceptors (Lipinski definition) is 3. The van der Waals surface area contributed by atoms with Crippen LogP contribution in [0.15, 0.2) is 11.2 Å². The van der Waals surface area contributed by atoms with E-state index in [1.165, 1.54) is 6.20 Å². The molecule has 1 rings (SSSR count). The van der Waals surface area contributed by atoms with E-state index in [-0.39, 0.29) is 11.1 Å². The van der Waals surface area contributed by atoms with Crippen molar-refractivity contribution in [1.82, 2.24) is 9.55 Å². The minimum Gasteiger partial charge on any atom is -0.331 e. The molecule has 1 atom stereocenters. The number of aromatic nitrogens is 2. The average molecular weight is 251 g/mol. The molecule has 0 saturated carbocycles. The van der Waals surface area contributed by atoms with Gasteiger partial charge in [0.25, 0.3) is 9.05 Å². The van der Waals surface area contributed by atoms with Gasteiger partial charge in [-0.05, 0) is 13.3 Å². The molecule has 0 saturated heterocycles. The third kappa shape index (κ3) is 2.72. The first-order valence-electron chi connectivity index (χ1n) is 4.92. The first kappa shape index (κ1) is 12.5. The zero-order valence-electron chi connectivity index (χ0n) is 9.07. The number of halogens is 1. The van der Waals surface area contributed by atoms with Crippen LogP contribution in [0.25, 0.3) is 0 Å². The van der Waals surface area contributed by atoms with Crippen molar-refractivity contribution < 1.29 is 8.42 Å². The zero-order valence-corrected chi connectivity index (χ0v) is 10.6. The Kier molecular flexibility index (Phi) is 3.78. The lowest BCUT2D eigenvalue weighted by atomic mass is 10.2. The normalized spacial score (nSPS) is 14.1. The molecule has 0 amide bonds. The van der Waals surface area contributed by atoms with Crippen LogP contribution in [0.4, 0.5) is 0 Å². The Morgan fingerprint density at radius 3 is 2.53 bits per heavy atom. The van der Waals surface area contributed by atoms with E-state index in [0.717, 1.165) is 12.2 Å². The molecule has 0 aliphatic rings. The van der Waals surface area contributed by atoms with Crippen LogP contribution in [-0.2, 0) is 15.5 Å². The predicted octanol–water partition coefficient (Wildman–Crippen LogP) is 2.34. The van der Waals surface area contributed by atoms with Gasteiger partial charge in [-0.3, -0.25) is 0 Å². The maximum absolute atomic E-state index is 11.1. The summed E-state index contributed by atoms with van der Waals surface area (Å²) in [7, 11) is 1.53. The fourth-order valence-electron chi connectivity index (χ4n) is 1.36. The van der Waals surface area contributed by atoms with Crippen LogP contribution < -0.4 is 0 Å². The van der Waals surface area contributed by atoms with Gasteiger partial charge in [0.1, 0.15) is 5.82 Å². The lowest BCUT2D eigenvalue weighted by Gasteiger charge is -2.12. The SMILES string of the molecule is CCc1nc(S(=O)(=O)Cl)cn1C(C)CC. The second-order valence-corrected chi connectivity index (χ2v) is 5.96. The number of rotatable bonds is 4. The molecule has 0 aromatic carbocycles. The fraction of sp³-hybridized carbons (Fsp3) is 0.667. The lowest BCUT2D eigenvalue weighted by molar-refractivity contribution is 0.510. The molecule has 0 bridgehead atoms. The van der Waals surface area contributed by atoms with Crippen molar-refractivity contribution in [2.45, 2.75) is 44.7 Å². The van der Waals surface area contributed by atoms with Crippen LogP contribution in [0.5, 0.6) is 0 Å². The van der Waals surface area contributed by atoms with Crippen LogP contribution in [0.2, 0.25) is 0 Å². The Morgan fingerprint density at radius 2 is 2.13 bits per heavy atom. The summed E-state index contributed by atoms with van der Waals surface area (Å²) in [4.78, 5) is 4.01. The average Bonchev–Trinajstić information content (AvgIpc) is 2.59. The van der Waals surface area contributed by atoms with Crippen LogP contribution >= 0.6 is 10.7 Å². The number of aryl methyl sites for hydroxylation is 1. The van der Waals surface area contributed by atoms with Crippen molar-refractivity contribution in [2.75, 3.05) is 0 Å². The summed E-state index contributed by atoms with van der Waals surface area (Å²) in [5, 5.41) is -0.0543. The molecule has 0 radical (unpaired) electrons. The molecule has 4 nitrogen and oxygen atoms in total. The molecule has 0 fully saturated rings. The van der Waals surface area contributed by atoms with E-state index in [9.17, 15) is 8.42 Å². The van der Waals surface area contributed by atoms with Crippen molar-refractivity contribution in [3.8, 4) is 0 Å². The highest BCUT2D eigenvalue weighted by atomic mass is 35.7. The second kappa shape index (κ2) is 4.53. The highest BCUT2D eigenvalue weighted by Crippen LogP contribution is 2.20. The number of nitrogens with zero attached hydrogens (tertiary/aromatic N) is 2. The first-order chi connectivity index (χ1) is 6.90. The Morgan fingerprint density at radius 1 is 1.53 bits per heavy atom. The van der Waals surface area contributed by atoms with Crippen LogP contribution in [0.1, 0.15) is 39.1 Å². The zero-order chi connectivity index (χ0) is 11.6. The largest absolute Gasteiger partial charge is 0.331 e. The van der Waals surface area contributed by atoms with Gasteiger partial charge in [-0.2, -0.15) is 0 Å². The van der Waals surface area contributed by atoms with Crippen molar-refractivity contribution in [3.63, 3.8) is 0 Å². The van der Waals surface area contributed by atoms with Gasteiger partial charge < -0.3 is 4.57 Å². The standard InChI is InChI=1S/C9H15ClN2O2S/c1-4-7(3)12-6-9(15(10,13)14)11-8(12)5-2/h6-7H,4-5H2,1-3H3. The highest BCUT2D eigenvalue weighted by molar-refractivity contribution is 8.13. The van der Waals surface area contributed by atoms with E-state index in [4.69, 9.17) is 10.7 Å². The molecule has 1 aromatic heterocycles. The minimum absolute atomic E-state index is 0.0543. The van der Waals surface area contributed by atoms with Crippen molar-refractivity contribution in [3.05, 3.63) is 12.0 Å². The maximum Gasteiger partial charge on any atom is 0.280 e. The molecule has 6 heteroatoms. The van der Waals surface area contributed by atoms with Gasteiger partial charge in [0.05, 0.1) is 0 Å². The van der Waals surface area contributed by atoms with Gasteiger partial charge >= 0.3 is 0 Å². The predicted molar refractivity (Wildman–Crippen MR) is 59.6 cm³/mol. The topological polar surface area (TPSA) is 52.0 Å². The third-order valence-corrected chi connectivity index (χ3v) is 3.59. The van der Waals surface area contributed by atoms with Crippen molar-refractivity contribution in [2.24, 2.45) is 0 Å². The van der Waals surface area contributed by atoms with Gasteiger partial charge in [-0.25, -0.2) is 13.4 Å². The Labute approximate surface area is 94.7 Å². The molecule has 0 aliphatic carbocycles. The monoisotopic (exact) mass is 250 g/mol. The molecule has 1 heterocycles. The minimum atomic E-state index is -3.72. The number of imidazole rings is 1. The molecule has 0 aliphatic heterocycles. The quantitative estimate of drug-likeness (QED) is 0.771. The highest BCUT2D eigenvalue weighted by Gasteiger charge is 2.18. The molecule has 15 heavy (non-hydrogen) atoms. The Bertz CT molecular complexity index is 439. The Hall–Kier alpha value is -0.550. The van der Waals surface area contributed by atoms with Gasteiger partial charge in [-0.15, -0.1) is 0 Å². The van der Waals surface area contributed by atoms with E-state index < -0.39 is 9.05 Å². The van der Waals surface area contributed by atoms with Gasteiger partial charge in [0.2, 0.25) is 0 Å². The van der Waals surface area contributed by atoms with Gasteiger partial charge in [-0.1, -0.05) is 13.8 Å². The van der Waals surface area contributed by atoms with E-state index in [0.29, 0.717) is 6.42 Å². The van der Waals surface area contributed by atoms with E-state index in [2.05, 4.69) is 4.98 Å². The Balaban J connectivity index is 3.23. The summed E-state index contributed by atoms with van der Waals surface area (Å²) in [5.74, 6) is 0.753. The first-order valence-corrected chi connectivity index (χ1v) is 7.23. The molecular formula is C9H15ClN2O2S. The smallest absolute Gasteiger partial charge is 0.280 e. The van der Waals surface area contributed by atoms with Crippen molar-refractivity contribution >= 4 is 19.7 Å². The van der Waals surface area contributed by atoms with Crippen LogP contribution in [-0.4, -0.2) is 18.0 Å². The summed E-state index contributed by atoms with van der Waals surface area (Å²) in [6.45, 7) is 6.00. The molecule has 1 unspecified atom stereocenters. The maximum atomic E-state index is 11.1. The summed E-state index contributed by atoms with van der Waals surface area (Å²) in [5.41, 5.74) is 0. The summed E-state index contributed by atoms with van der Waals surface area (Å²) in [6.07, 6.45) is 3.12. The van der Waals surface area contributed by atoms with E-state index >= 15 is 0 Å². The molecule has 1 aromatic rings. The molecular weight excluding hydrogens is 236 g/mol. The van der Waals surface area contributed by atoms with Gasteiger partial charge in [0.15, 0.2) is 5.03 Å². The van der Waals surface area contributed by atoms with Crippen LogP contribution in [0, 0.1) is 0 Å². The van der Waals surface area contributed by atoms with E-state index in [1.807, 2.05) is 25.3 Å². The molecule has 0 spiro atoms. The summed E-state index contributed by atoms with van der Waals surface area (Å²) >= 11 is 0. The second-order valence-electron chi connectivity index (χ2n) is 3.45. The van der Waals surface area contributed by atoms with E-state index in [1.54, 1.807) is 0 Å². The van der Waals surface area contributed by atoms with Crippen LogP contribution in [0.3, 0.4) is 0 Å². The summed E-state index contributed by atoms with van der Waals surface area (Å²) < 4.78 is 24.1. The molecule has 86 valence electrons. The number of hydrogen-bond donors (Lipinski definition) is 0. The van der Waals surface area contributed by atoms with Gasteiger partial charge in [0, 0.05) is 29.3 Å². The third-order valence-electron chi connectivity index (χ3n) is 2.42. The van der Waals surface area contributed by atoms with Crippen molar-refractivity contribution in [1.29, 1.82) is 0 Å².